The predicted molar refractivity (Wildman–Crippen MR) is 96.0 cm³/mol. The predicted octanol–water partition coefficient (Wildman–Crippen LogP) is 4.32. The Hall–Kier alpha value is -1.76. The molecular weight excluding hydrogens is 312 g/mol. The number of fused-ring (bicyclic) bond motifs is 1. The molecule has 0 spiro atoms. The SMILES string of the molecule is CNSc1ccc(SC)c(Nc2ncnc3ccccc23)c1. The van der Waals surface area contributed by atoms with E-state index in [1.54, 1.807) is 30.0 Å². The van der Waals surface area contributed by atoms with Crippen molar-refractivity contribution in [2.24, 2.45) is 0 Å². The highest BCUT2D eigenvalue weighted by atomic mass is 32.2. The number of nitrogens with zero attached hydrogens (tertiary/aromatic N) is 2. The van der Waals surface area contributed by atoms with Gasteiger partial charge in [-0.3, -0.25) is 4.72 Å². The Morgan fingerprint density at radius 1 is 1.05 bits per heavy atom. The van der Waals surface area contributed by atoms with Gasteiger partial charge in [0.15, 0.2) is 0 Å². The maximum Gasteiger partial charge on any atom is 0.141 e. The topological polar surface area (TPSA) is 49.8 Å². The van der Waals surface area contributed by atoms with Crippen molar-refractivity contribution >= 4 is 46.1 Å². The average molecular weight is 328 g/mol. The van der Waals surface area contributed by atoms with E-state index in [0.717, 1.165) is 27.3 Å². The van der Waals surface area contributed by atoms with E-state index in [2.05, 4.69) is 44.5 Å². The van der Waals surface area contributed by atoms with Crippen LogP contribution >= 0.6 is 23.7 Å². The molecule has 0 unspecified atom stereocenters. The highest BCUT2D eigenvalue weighted by Crippen LogP contribution is 2.32. The number of hydrogen-bond donors (Lipinski definition) is 2. The summed E-state index contributed by atoms with van der Waals surface area (Å²) in [5.74, 6) is 0.826. The highest BCUT2D eigenvalue weighted by Gasteiger charge is 2.08. The number of anilines is 2. The van der Waals surface area contributed by atoms with Gasteiger partial charge >= 0.3 is 0 Å². The second kappa shape index (κ2) is 7.00. The first-order valence-electron chi connectivity index (χ1n) is 6.80. The third kappa shape index (κ3) is 3.19. The van der Waals surface area contributed by atoms with Crippen molar-refractivity contribution in [3.8, 4) is 0 Å². The van der Waals surface area contributed by atoms with Crippen molar-refractivity contribution in [1.82, 2.24) is 14.7 Å². The molecule has 2 N–H and O–H groups in total. The van der Waals surface area contributed by atoms with Gasteiger partial charge in [-0.1, -0.05) is 12.1 Å². The van der Waals surface area contributed by atoms with Crippen LogP contribution in [0.5, 0.6) is 0 Å². The van der Waals surface area contributed by atoms with Crippen LogP contribution in [0.3, 0.4) is 0 Å². The van der Waals surface area contributed by atoms with Gasteiger partial charge in [0, 0.05) is 15.2 Å². The van der Waals surface area contributed by atoms with Crippen molar-refractivity contribution in [3.05, 3.63) is 48.8 Å². The third-order valence-electron chi connectivity index (χ3n) is 3.19. The number of benzene rings is 2. The number of aromatic nitrogens is 2. The molecule has 0 saturated carbocycles. The molecule has 4 nitrogen and oxygen atoms in total. The lowest BCUT2D eigenvalue weighted by Crippen LogP contribution is -1.98. The maximum absolute atomic E-state index is 4.40. The van der Waals surface area contributed by atoms with Crippen molar-refractivity contribution in [2.75, 3.05) is 18.6 Å². The van der Waals surface area contributed by atoms with Gasteiger partial charge in [0.1, 0.15) is 12.1 Å². The van der Waals surface area contributed by atoms with Crippen molar-refractivity contribution in [1.29, 1.82) is 0 Å². The molecule has 0 bridgehead atoms. The van der Waals surface area contributed by atoms with E-state index < -0.39 is 0 Å². The lowest BCUT2D eigenvalue weighted by molar-refractivity contribution is 1.21. The largest absolute Gasteiger partial charge is 0.339 e. The Morgan fingerprint density at radius 3 is 2.73 bits per heavy atom. The molecule has 0 aliphatic heterocycles. The lowest BCUT2D eigenvalue weighted by atomic mass is 10.2. The van der Waals surface area contributed by atoms with Crippen molar-refractivity contribution in [3.63, 3.8) is 0 Å². The highest BCUT2D eigenvalue weighted by molar-refractivity contribution is 7.98. The smallest absolute Gasteiger partial charge is 0.141 e. The van der Waals surface area contributed by atoms with E-state index >= 15 is 0 Å². The second-order valence-corrected chi connectivity index (χ2v) is 6.46. The first-order valence-corrected chi connectivity index (χ1v) is 8.84. The summed E-state index contributed by atoms with van der Waals surface area (Å²) in [5, 5.41) is 4.47. The molecule has 3 aromatic rings. The summed E-state index contributed by atoms with van der Waals surface area (Å²) in [5.41, 5.74) is 1.99. The monoisotopic (exact) mass is 328 g/mol. The fourth-order valence-electron chi connectivity index (χ4n) is 2.20. The van der Waals surface area contributed by atoms with Crippen LogP contribution in [0, 0.1) is 0 Å². The lowest BCUT2D eigenvalue weighted by Gasteiger charge is -2.13. The third-order valence-corrected chi connectivity index (χ3v) is 4.68. The molecule has 0 radical (unpaired) electrons. The normalized spacial score (nSPS) is 10.8. The van der Waals surface area contributed by atoms with E-state index in [0.29, 0.717) is 0 Å². The molecular formula is C16H16N4S2. The van der Waals surface area contributed by atoms with Crippen LogP contribution in [-0.4, -0.2) is 23.3 Å². The summed E-state index contributed by atoms with van der Waals surface area (Å²) in [6, 6.07) is 14.4. The van der Waals surface area contributed by atoms with E-state index in [-0.39, 0.29) is 0 Å². The van der Waals surface area contributed by atoms with Crippen LogP contribution in [0.25, 0.3) is 10.9 Å². The fourth-order valence-corrected chi connectivity index (χ4v) is 3.28. The summed E-state index contributed by atoms with van der Waals surface area (Å²) in [6.07, 6.45) is 3.67. The van der Waals surface area contributed by atoms with Gasteiger partial charge < -0.3 is 5.32 Å². The van der Waals surface area contributed by atoms with Gasteiger partial charge in [-0.15, -0.1) is 11.8 Å². The van der Waals surface area contributed by atoms with Gasteiger partial charge in [-0.25, -0.2) is 9.97 Å². The van der Waals surface area contributed by atoms with Crippen LogP contribution in [0.15, 0.2) is 58.6 Å². The number of para-hydroxylation sites is 1. The van der Waals surface area contributed by atoms with Crippen LogP contribution < -0.4 is 10.0 Å². The molecule has 6 heteroatoms. The van der Waals surface area contributed by atoms with Gasteiger partial charge in [0.2, 0.25) is 0 Å². The molecule has 3 rings (SSSR count). The summed E-state index contributed by atoms with van der Waals surface area (Å²) in [6.45, 7) is 0. The number of nitrogens with one attached hydrogen (secondary N) is 2. The van der Waals surface area contributed by atoms with E-state index in [1.165, 1.54) is 4.90 Å². The summed E-state index contributed by atoms with van der Waals surface area (Å²) < 4.78 is 3.10. The number of rotatable bonds is 5. The number of hydrogen-bond acceptors (Lipinski definition) is 6. The maximum atomic E-state index is 4.40. The zero-order valence-corrected chi connectivity index (χ0v) is 14.0. The molecule has 2 aromatic carbocycles. The fraction of sp³-hybridized carbons (Fsp3) is 0.125. The average Bonchev–Trinajstić information content (AvgIpc) is 2.56. The molecule has 1 aromatic heterocycles. The summed E-state index contributed by atoms with van der Waals surface area (Å²) >= 11 is 3.30. The minimum Gasteiger partial charge on any atom is -0.339 e. The molecule has 0 amide bonds. The quantitative estimate of drug-likeness (QED) is 0.537. The molecule has 0 atom stereocenters. The van der Waals surface area contributed by atoms with Crippen LogP contribution in [0.2, 0.25) is 0 Å². The Kier molecular flexibility index (Phi) is 4.82. The number of thioether (sulfide) groups is 1. The molecule has 1 heterocycles. The Balaban J connectivity index is 2.02. The van der Waals surface area contributed by atoms with Crippen molar-refractivity contribution < 1.29 is 0 Å². The first-order chi connectivity index (χ1) is 10.8. The van der Waals surface area contributed by atoms with E-state index in [9.17, 15) is 0 Å². The minimum absolute atomic E-state index is 0.826. The van der Waals surface area contributed by atoms with Gasteiger partial charge in [-0.2, -0.15) is 0 Å². The first kappa shape index (κ1) is 15.1. The summed E-state index contributed by atoms with van der Waals surface area (Å²) in [7, 11) is 1.91. The molecule has 0 saturated heterocycles. The summed E-state index contributed by atoms with van der Waals surface area (Å²) in [4.78, 5) is 11.0. The van der Waals surface area contributed by atoms with E-state index in [1.807, 2.05) is 31.3 Å². The molecule has 112 valence electrons. The molecule has 0 aliphatic rings. The van der Waals surface area contributed by atoms with Crippen molar-refractivity contribution in [2.45, 2.75) is 9.79 Å². The standard InChI is InChI=1S/C16H16N4S2/c1-17-22-11-7-8-15(21-2)14(9-11)20-16-12-5-3-4-6-13(12)18-10-19-16/h3-10,17H,1-2H3,(H,18,19,20). The van der Waals surface area contributed by atoms with E-state index in [4.69, 9.17) is 0 Å². The Morgan fingerprint density at radius 2 is 1.91 bits per heavy atom. The van der Waals surface area contributed by atoms with Crippen LogP contribution in [0.1, 0.15) is 0 Å². The molecule has 0 aliphatic carbocycles. The Bertz CT molecular complexity index is 787. The molecule has 0 fully saturated rings. The second-order valence-electron chi connectivity index (χ2n) is 4.53. The van der Waals surface area contributed by atoms with Crippen LogP contribution in [-0.2, 0) is 0 Å². The minimum atomic E-state index is 0.826. The van der Waals surface area contributed by atoms with Gasteiger partial charge in [-0.05, 0) is 55.6 Å². The molecule has 22 heavy (non-hydrogen) atoms. The zero-order chi connectivity index (χ0) is 15.4. The van der Waals surface area contributed by atoms with Crippen LogP contribution in [0.4, 0.5) is 11.5 Å². The zero-order valence-electron chi connectivity index (χ0n) is 12.3. The van der Waals surface area contributed by atoms with Gasteiger partial charge in [0.05, 0.1) is 11.2 Å². The van der Waals surface area contributed by atoms with Gasteiger partial charge in [0.25, 0.3) is 0 Å². The Labute approximate surface area is 138 Å².